The van der Waals surface area contributed by atoms with Crippen molar-refractivity contribution in [3.05, 3.63) is 0 Å². The van der Waals surface area contributed by atoms with Crippen molar-refractivity contribution in [1.29, 1.82) is 0 Å². The maximum atomic E-state index is 2.85. The van der Waals surface area contributed by atoms with Crippen molar-refractivity contribution < 1.29 is 0 Å². The van der Waals surface area contributed by atoms with Gasteiger partial charge in [-0.2, -0.15) is 0 Å². The van der Waals surface area contributed by atoms with E-state index in [0.717, 1.165) is 11.8 Å². The van der Waals surface area contributed by atoms with Crippen molar-refractivity contribution in [1.82, 2.24) is 19.6 Å². The fourth-order valence-corrected chi connectivity index (χ4v) is 5.77. The Bertz CT molecular complexity index is 494. The number of rotatable bonds is 32. The molecule has 0 aliphatic heterocycles. The van der Waals surface area contributed by atoms with Crippen molar-refractivity contribution >= 4 is 0 Å². The molecule has 0 bridgehead atoms. The van der Waals surface area contributed by atoms with Gasteiger partial charge in [0.1, 0.15) is 0 Å². The molecule has 0 N–H and O–H groups in total. The minimum absolute atomic E-state index is 0.820. The molecule has 0 aliphatic carbocycles. The molecule has 0 aliphatic rings. The Labute approximate surface area is 288 Å². The molecule has 0 atom stereocenters. The van der Waals surface area contributed by atoms with E-state index in [9.17, 15) is 0 Å². The molecule has 0 saturated heterocycles. The van der Waals surface area contributed by atoms with E-state index in [0.29, 0.717) is 0 Å². The second-order valence-electron chi connectivity index (χ2n) is 13.9. The molecule has 0 fully saturated rings. The summed E-state index contributed by atoms with van der Waals surface area (Å²) < 4.78 is 0. The SMILES string of the molecule is CC.CC.CCCCCN(CCCCC)CCN(CCN(CCCC)CCCC(C)C)CCN(CCCCC)CCCC(C)C. The molecule has 0 unspecified atom stereocenters. The van der Waals surface area contributed by atoms with Gasteiger partial charge in [0.15, 0.2) is 0 Å². The Kier molecular flexibility index (Phi) is 43.8. The molecule has 0 amide bonds. The molecule has 276 valence electrons. The molecule has 0 rings (SSSR count). The van der Waals surface area contributed by atoms with Crippen molar-refractivity contribution in [2.75, 3.05) is 78.5 Å². The molecular weight excluding hydrogens is 548 g/mol. The first-order chi connectivity index (χ1) is 21.9. The van der Waals surface area contributed by atoms with Gasteiger partial charge in [-0.15, -0.1) is 0 Å². The fourth-order valence-electron chi connectivity index (χ4n) is 5.77. The Morgan fingerprint density at radius 1 is 0.289 bits per heavy atom. The smallest absolute Gasteiger partial charge is 0.0110 e. The average Bonchev–Trinajstić information content (AvgIpc) is 3.03. The normalized spacial score (nSPS) is 11.6. The van der Waals surface area contributed by atoms with Crippen LogP contribution < -0.4 is 0 Å². The highest BCUT2D eigenvalue weighted by molar-refractivity contribution is 4.71. The largest absolute Gasteiger partial charge is 0.302 e. The van der Waals surface area contributed by atoms with Crippen LogP contribution in [0.4, 0.5) is 0 Å². The van der Waals surface area contributed by atoms with Gasteiger partial charge >= 0.3 is 0 Å². The van der Waals surface area contributed by atoms with Gasteiger partial charge in [0.2, 0.25) is 0 Å². The van der Waals surface area contributed by atoms with Crippen LogP contribution in [0.1, 0.15) is 179 Å². The molecule has 4 heteroatoms. The summed E-state index contributed by atoms with van der Waals surface area (Å²) in [5, 5.41) is 0. The molecule has 0 radical (unpaired) electrons. The summed E-state index contributed by atoms with van der Waals surface area (Å²) >= 11 is 0. The second-order valence-corrected chi connectivity index (χ2v) is 13.9. The molecule has 0 heterocycles. The lowest BCUT2D eigenvalue weighted by Crippen LogP contribution is -2.44. The summed E-state index contributed by atoms with van der Waals surface area (Å²) in [6, 6.07) is 0. The predicted octanol–water partition coefficient (Wildman–Crippen LogP) is 11.5. The average molecular weight is 641 g/mol. The first-order valence-electron chi connectivity index (χ1n) is 20.7. The topological polar surface area (TPSA) is 13.0 Å². The third-order valence-electron chi connectivity index (χ3n) is 8.77. The lowest BCUT2D eigenvalue weighted by molar-refractivity contribution is 0.149. The Morgan fingerprint density at radius 2 is 0.511 bits per heavy atom. The fraction of sp³-hybridized carbons (Fsp3) is 1.00. The van der Waals surface area contributed by atoms with Crippen LogP contribution in [-0.4, -0.2) is 98.1 Å². The van der Waals surface area contributed by atoms with E-state index in [1.54, 1.807) is 0 Å². The van der Waals surface area contributed by atoms with Crippen molar-refractivity contribution in [3.8, 4) is 0 Å². The standard InChI is InChI=1S/C37H80N4.2C2H6/c1-9-13-17-25-39(26-18-14-10-2)31-34-41(33-30-38(24-16-12-4)28-20-22-36(5)6)35-32-40(27-19-15-11-3)29-21-23-37(7)8;2*1-2/h36-37H,9-35H2,1-8H3;2*1-2H3. The molecule has 0 aromatic rings. The van der Waals surface area contributed by atoms with E-state index in [-0.39, 0.29) is 0 Å². The Balaban J connectivity index is -0.00000422. The lowest BCUT2D eigenvalue weighted by atomic mass is 10.1. The quantitative estimate of drug-likeness (QED) is 0.0678. The number of hydrogen-bond donors (Lipinski definition) is 0. The molecule has 45 heavy (non-hydrogen) atoms. The van der Waals surface area contributed by atoms with Gasteiger partial charge in [-0.25, -0.2) is 0 Å². The van der Waals surface area contributed by atoms with Crippen LogP contribution >= 0.6 is 0 Å². The summed E-state index contributed by atoms with van der Waals surface area (Å²) in [5.41, 5.74) is 0. The van der Waals surface area contributed by atoms with Crippen LogP contribution in [0.5, 0.6) is 0 Å². The van der Waals surface area contributed by atoms with Gasteiger partial charge in [0.05, 0.1) is 0 Å². The molecule has 0 spiro atoms. The highest BCUT2D eigenvalue weighted by atomic mass is 15.2. The second kappa shape index (κ2) is 40.0. The van der Waals surface area contributed by atoms with E-state index in [1.807, 2.05) is 27.7 Å². The molecular formula is C41H92N4. The zero-order chi connectivity index (χ0) is 34.6. The number of nitrogens with zero attached hydrogens (tertiary/aromatic N) is 4. The third-order valence-corrected chi connectivity index (χ3v) is 8.77. The summed E-state index contributed by atoms with van der Waals surface area (Å²) in [4.78, 5) is 11.3. The van der Waals surface area contributed by atoms with Gasteiger partial charge in [0, 0.05) is 39.3 Å². The van der Waals surface area contributed by atoms with E-state index in [4.69, 9.17) is 0 Å². The Hall–Kier alpha value is -0.160. The van der Waals surface area contributed by atoms with Crippen molar-refractivity contribution in [2.45, 2.75) is 179 Å². The van der Waals surface area contributed by atoms with Crippen LogP contribution in [0.2, 0.25) is 0 Å². The highest BCUT2D eigenvalue weighted by Crippen LogP contribution is 2.10. The summed E-state index contributed by atoms with van der Waals surface area (Å²) in [6.45, 7) is 42.0. The van der Waals surface area contributed by atoms with Crippen molar-refractivity contribution in [2.24, 2.45) is 11.8 Å². The summed E-state index contributed by atoms with van der Waals surface area (Å²) in [7, 11) is 0. The molecule has 0 aromatic heterocycles. The van der Waals surface area contributed by atoms with E-state index >= 15 is 0 Å². The maximum absolute atomic E-state index is 2.85. The van der Waals surface area contributed by atoms with Gasteiger partial charge in [-0.3, -0.25) is 4.90 Å². The van der Waals surface area contributed by atoms with Crippen molar-refractivity contribution in [3.63, 3.8) is 0 Å². The zero-order valence-corrected chi connectivity index (χ0v) is 34.0. The predicted molar refractivity (Wildman–Crippen MR) is 210 cm³/mol. The van der Waals surface area contributed by atoms with Gasteiger partial charge < -0.3 is 14.7 Å². The van der Waals surface area contributed by atoms with Gasteiger partial charge in [0.25, 0.3) is 0 Å². The molecule has 0 aromatic carbocycles. The Morgan fingerprint density at radius 3 is 0.756 bits per heavy atom. The van der Waals surface area contributed by atoms with Gasteiger partial charge in [-0.05, 0) is 102 Å². The first-order valence-corrected chi connectivity index (χ1v) is 20.7. The summed E-state index contributed by atoms with van der Waals surface area (Å²) in [6.07, 6.45) is 20.3. The minimum atomic E-state index is 0.820. The number of hydrogen-bond acceptors (Lipinski definition) is 4. The van der Waals surface area contributed by atoms with Crippen LogP contribution in [0.3, 0.4) is 0 Å². The van der Waals surface area contributed by atoms with Crippen LogP contribution in [0.15, 0.2) is 0 Å². The first kappa shape index (κ1) is 49.2. The van der Waals surface area contributed by atoms with Crippen LogP contribution in [0.25, 0.3) is 0 Å². The summed E-state index contributed by atoms with van der Waals surface area (Å²) in [5.74, 6) is 1.64. The van der Waals surface area contributed by atoms with Gasteiger partial charge in [-0.1, -0.05) is 128 Å². The maximum Gasteiger partial charge on any atom is 0.0110 e. The van der Waals surface area contributed by atoms with E-state index in [2.05, 4.69) is 75.0 Å². The number of unbranched alkanes of at least 4 members (excludes halogenated alkanes) is 7. The van der Waals surface area contributed by atoms with Crippen LogP contribution in [-0.2, 0) is 0 Å². The lowest BCUT2D eigenvalue weighted by Gasteiger charge is -2.32. The zero-order valence-electron chi connectivity index (χ0n) is 34.0. The monoisotopic (exact) mass is 641 g/mol. The highest BCUT2D eigenvalue weighted by Gasteiger charge is 2.14. The third kappa shape index (κ3) is 36.5. The minimum Gasteiger partial charge on any atom is -0.302 e. The molecule has 0 saturated carbocycles. The van der Waals surface area contributed by atoms with E-state index < -0.39 is 0 Å². The van der Waals surface area contributed by atoms with E-state index in [1.165, 1.54) is 175 Å². The molecule has 4 nitrogen and oxygen atoms in total. The van der Waals surface area contributed by atoms with Crippen LogP contribution in [0, 0.1) is 11.8 Å².